The number of esters is 1. The van der Waals surface area contributed by atoms with E-state index in [2.05, 4.69) is 9.97 Å². The van der Waals surface area contributed by atoms with Gasteiger partial charge in [-0.05, 0) is 19.1 Å². The Morgan fingerprint density at radius 2 is 2.35 bits per heavy atom. The first-order valence-corrected chi connectivity index (χ1v) is 5.64. The van der Waals surface area contributed by atoms with Crippen LogP contribution in [0.5, 0.6) is 0 Å². The summed E-state index contributed by atoms with van der Waals surface area (Å²) in [6.07, 6.45) is 2.66. The van der Waals surface area contributed by atoms with Crippen molar-refractivity contribution in [2.45, 2.75) is 19.8 Å². The fourth-order valence-corrected chi connectivity index (χ4v) is 1.74. The molecule has 0 aromatic carbocycles. The predicted molar refractivity (Wildman–Crippen MR) is 63.5 cm³/mol. The average molecular weight is 233 g/mol. The first-order chi connectivity index (χ1) is 8.22. The summed E-state index contributed by atoms with van der Waals surface area (Å²) in [6, 6.07) is 3.76. The van der Waals surface area contributed by atoms with Gasteiger partial charge >= 0.3 is 5.97 Å². The van der Waals surface area contributed by atoms with Crippen molar-refractivity contribution in [3.63, 3.8) is 0 Å². The van der Waals surface area contributed by atoms with Crippen LogP contribution in [0.1, 0.15) is 19.2 Å². The van der Waals surface area contributed by atoms with Crippen molar-refractivity contribution in [1.82, 2.24) is 14.5 Å². The van der Waals surface area contributed by atoms with E-state index in [-0.39, 0.29) is 5.97 Å². The van der Waals surface area contributed by atoms with Gasteiger partial charge in [0.2, 0.25) is 0 Å². The molecule has 2 heterocycles. The molecule has 0 spiro atoms. The maximum atomic E-state index is 11.3. The van der Waals surface area contributed by atoms with Crippen LogP contribution in [0.3, 0.4) is 0 Å². The van der Waals surface area contributed by atoms with E-state index in [0.29, 0.717) is 19.4 Å². The van der Waals surface area contributed by atoms with E-state index in [1.54, 1.807) is 13.1 Å². The van der Waals surface area contributed by atoms with Gasteiger partial charge in [0.25, 0.3) is 0 Å². The second-order valence-corrected chi connectivity index (χ2v) is 3.74. The predicted octanol–water partition coefficient (Wildman–Crippen LogP) is 1.46. The van der Waals surface area contributed by atoms with Crippen LogP contribution in [0.2, 0.25) is 0 Å². The van der Waals surface area contributed by atoms with Crippen LogP contribution in [-0.4, -0.2) is 27.1 Å². The monoisotopic (exact) mass is 233 g/mol. The molecular formula is C12H15N3O2. The molecule has 5 heteroatoms. The molecule has 17 heavy (non-hydrogen) atoms. The second kappa shape index (κ2) is 4.95. The summed E-state index contributed by atoms with van der Waals surface area (Å²) < 4.78 is 6.80. The molecule has 0 aliphatic heterocycles. The highest BCUT2D eigenvalue weighted by Gasteiger charge is 2.10. The van der Waals surface area contributed by atoms with E-state index >= 15 is 0 Å². The van der Waals surface area contributed by atoms with E-state index in [0.717, 1.165) is 17.0 Å². The molecule has 0 fully saturated rings. The van der Waals surface area contributed by atoms with Crippen LogP contribution in [0.4, 0.5) is 0 Å². The summed E-state index contributed by atoms with van der Waals surface area (Å²) in [5.74, 6) is 0.666. The van der Waals surface area contributed by atoms with E-state index in [9.17, 15) is 4.79 Å². The Bertz CT molecular complexity index is 534. The summed E-state index contributed by atoms with van der Waals surface area (Å²) in [5.41, 5.74) is 1.69. The zero-order valence-electron chi connectivity index (χ0n) is 10.0. The van der Waals surface area contributed by atoms with Crippen molar-refractivity contribution in [1.29, 1.82) is 0 Å². The van der Waals surface area contributed by atoms with Crippen molar-refractivity contribution < 1.29 is 9.53 Å². The van der Waals surface area contributed by atoms with Crippen molar-refractivity contribution in [3.8, 4) is 0 Å². The summed E-state index contributed by atoms with van der Waals surface area (Å²) in [4.78, 5) is 20.0. The molecule has 0 saturated heterocycles. The van der Waals surface area contributed by atoms with Crippen LogP contribution in [0, 0.1) is 0 Å². The van der Waals surface area contributed by atoms with Gasteiger partial charge in [0, 0.05) is 19.7 Å². The zero-order valence-corrected chi connectivity index (χ0v) is 10.0. The lowest BCUT2D eigenvalue weighted by atomic mass is 10.3. The molecule has 0 N–H and O–H groups in total. The molecule has 2 aromatic rings. The lowest BCUT2D eigenvalue weighted by Crippen LogP contribution is -2.07. The quantitative estimate of drug-likeness (QED) is 0.750. The minimum Gasteiger partial charge on any atom is -0.466 e. The Hall–Kier alpha value is -1.91. The highest BCUT2D eigenvalue weighted by atomic mass is 16.5. The molecule has 90 valence electrons. The van der Waals surface area contributed by atoms with Gasteiger partial charge in [0.15, 0.2) is 5.65 Å². The fourth-order valence-electron chi connectivity index (χ4n) is 1.74. The molecule has 0 bridgehead atoms. The minimum absolute atomic E-state index is 0.187. The molecule has 0 aliphatic rings. The molecular weight excluding hydrogens is 218 g/mol. The van der Waals surface area contributed by atoms with Gasteiger partial charge < -0.3 is 9.30 Å². The number of ether oxygens (including phenoxy) is 1. The number of carbonyl (C=O) groups excluding carboxylic acids is 1. The van der Waals surface area contributed by atoms with Crippen molar-refractivity contribution in [2.24, 2.45) is 7.05 Å². The average Bonchev–Trinajstić information content (AvgIpc) is 2.65. The molecule has 0 radical (unpaired) electrons. The number of hydrogen-bond acceptors (Lipinski definition) is 4. The van der Waals surface area contributed by atoms with Crippen molar-refractivity contribution in [2.75, 3.05) is 6.61 Å². The molecule has 2 rings (SSSR count). The molecule has 0 saturated carbocycles. The van der Waals surface area contributed by atoms with Gasteiger partial charge in [-0.15, -0.1) is 0 Å². The number of nitrogens with zero attached hydrogens (tertiary/aromatic N) is 3. The molecule has 2 aromatic heterocycles. The van der Waals surface area contributed by atoms with Gasteiger partial charge in [-0.1, -0.05) is 0 Å². The summed E-state index contributed by atoms with van der Waals surface area (Å²) >= 11 is 0. The van der Waals surface area contributed by atoms with Gasteiger partial charge in [0.05, 0.1) is 13.0 Å². The van der Waals surface area contributed by atoms with E-state index < -0.39 is 0 Å². The Balaban J connectivity index is 2.14. The summed E-state index contributed by atoms with van der Waals surface area (Å²) in [7, 11) is 1.91. The number of pyridine rings is 1. The smallest absolute Gasteiger partial charge is 0.306 e. The first kappa shape index (κ1) is 11.6. The third-order valence-electron chi connectivity index (χ3n) is 2.58. The lowest BCUT2D eigenvalue weighted by molar-refractivity contribution is -0.143. The number of imidazole rings is 1. The van der Waals surface area contributed by atoms with Crippen LogP contribution in [0.15, 0.2) is 18.3 Å². The van der Waals surface area contributed by atoms with Crippen LogP contribution in [0.25, 0.3) is 11.2 Å². The van der Waals surface area contributed by atoms with E-state index in [1.807, 2.05) is 23.7 Å². The van der Waals surface area contributed by atoms with Crippen molar-refractivity contribution >= 4 is 17.1 Å². The first-order valence-electron chi connectivity index (χ1n) is 5.64. The summed E-state index contributed by atoms with van der Waals surface area (Å²) in [6.45, 7) is 2.22. The summed E-state index contributed by atoms with van der Waals surface area (Å²) in [5, 5.41) is 0. The number of aromatic nitrogens is 3. The lowest BCUT2D eigenvalue weighted by Gasteiger charge is -2.02. The number of fused-ring (bicyclic) bond motifs is 1. The molecule has 0 aliphatic carbocycles. The number of aryl methyl sites for hydroxylation is 2. The number of hydrogen-bond donors (Lipinski definition) is 0. The third-order valence-corrected chi connectivity index (χ3v) is 2.58. The second-order valence-electron chi connectivity index (χ2n) is 3.74. The number of rotatable bonds is 4. The standard InChI is InChI=1S/C12H15N3O2/c1-3-17-11(16)7-6-10-14-9-5-4-8-13-12(9)15(10)2/h4-5,8H,3,6-7H2,1-2H3. The molecule has 0 unspecified atom stereocenters. The molecule has 5 nitrogen and oxygen atoms in total. The maximum absolute atomic E-state index is 11.3. The van der Waals surface area contributed by atoms with Gasteiger partial charge in [0.1, 0.15) is 11.3 Å². The Morgan fingerprint density at radius 1 is 1.53 bits per heavy atom. The van der Waals surface area contributed by atoms with Gasteiger partial charge in [-0.25, -0.2) is 9.97 Å². The Kier molecular flexibility index (Phi) is 3.37. The van der Waals surface area contributed by atoms with E-state index in [1.165, 1.54) is 0 Å². The van der Waals surface area contributed by atoms with Crippen LogP contribution < -0.4 is 0 Å². The molecule has 0 atom stereocenters. The van der Waals surface area contributed by atoms with Crippen LogP contribution in [-0.2, 0) is 23.0 Å². The SMILES string of the molecule is CCOC(=O)CCc1nc2cccnc2n1C. The normalized spacial score (nSPS) is 10.7. The maximum Gasteiger partial charge on any atom is 0.306 e. The highest BCUT2D eigenvalue weighted by Crippen LogP contribution is 2.12. The minimum atomic E-state index is -0.187. The highest BCUT2D eigenvalue weighted by molar-refractivity contribution is 5.72. The Morgan fingerprint density at radius 3 is 3.06 bits per heavy atom. The van der Waals surface area contributed by atoms with Crippen molar-refractivity contribution in [3.05, 3.63) is 24.2 Å². The third kappa shape index (κ3) is 2.43. The largest absolute Gasteiger partial charge is 0.466 e. The fraction of sp³-hybridized carbons (Fsp3) is 0.417. The zero-order chi connectivity index (χ0) is 12.3. The topological polar surface area (TPSA) is 57.0 Å². The van der Waals surface area contributed by atoms with Crippen LogP contribution >= 0.6 is 0 Å². The number of carbonyl (C=O) groups is 1. The Labute approximate surface area is 99.4 Å². The van der Waals surface area contributed by atoms with Gasteiger partial charge in [-0.2, -0.15) is 0 Å². The molecule has 0 amide bonds. The van der Waals surface area contributed by atoms with E-state index in [4.69, 9.17) is 4.74 Å². The van der Waals surface area contributed by atoms with Gasteiger partial charge in [-0.3, -0.25) is 4.79 Å².